The van der Waals surface area contributed by atoms with Gasteiger partial charge < -0.3 is 4.42 Å². The first-order valence-electron chi connectivity index (χ1n) is 7.05. The van der Waals surface area contributed by atoms with E-state index < -0.39 is 15.8 Å². The van der Waals surface area contributed by atoms with Crippen LogP contribution in [0.4, 0.5) is 0 Å². The lowest BCUT2D eigenvalue weighted by molar-refractivity contribution is 0.528. The zero-order valence-electron chi connectivity index (χ0n) is 12.7. The van der Waals surface area contributed by atoms with Crippen molar-refractivity contribution in [3.8, 4) is 0 Å². The second kappa shape index (κ2) is 5.68. The molecule has 1 aromatic heterocycles. The fourth-order valence-electron chi connectivity index (χ4n) is 2.38. The fourth-order valence-corrected chi connectivity index (χ4v) is 3.64. The van der Waals surface area contributed by atoms with Crippen molar-refractivity contribution in [2.75, 3.05) is 0 Å². The number of aromatic nitrogens is 1. The van der Waals surface area contributed by atoms with E-state index in [9.17, 15) is 13.2 Å². The van der Waals surface area contributed by atoms with Gasteiger partial charge in [-0.3, -0.25) is 4.57 Å². The number of hydrogen-bond acceptors (Lipinski definition) is 4. The maximum absolute atomic E-state index is 12.5. The van der Waals surface area contributed by atoms with E-state index in [-0.39, 0.29) is 10.9 Å². The number of oxazole rings is 1. The van der Waals surface area contributed by atoms with Gasteiger partial charge in [0.1, 0.15) is 0 Å². The molecule has 0 amide bonds. The smallest absolute Gasteiger partial charge is 0.408 e. The zero-order chi connectivity index (χ0) is 16.6. The largest absolute Gasteiger partial charge is 0.419 e. The number of rotatable bonds is 4. The Kier molecular flexibility index (Phi) is 3.83. The van der Waals surface area contributed by atoms with Gasteiger partial charge >= 0.3 is 5.76 Å². The molecule has 0 saturated carbocycles. The third kappa shape index (κ3) is 2.93. The molecule has 1 atom stereocenters. The minimum atomic E-state index is -3.71. The summed E-state index contributed by atoms with van der Waals surface area (Å²) in [5.74, 6) is -0.528. The van der Waals surface area contributed by atoms with Crippen LogP contribution in [0, 0.1) is 0 Å². The number of aryl methyl sites for hydroxylation is 1. The highest BCUT2D eigenvalue weighted by Crippen LogP contribution is 2.20. The van der Waals surface area contributed by atoms with Gasteiger partial charge in [-0.2, -0.15) is 0 Å². The van der Waals surface area contributed by atoms with Crippen molar-refractivity contribution in [2.24, 2.45) is 7.05 Å². The van der Waals surface area contributed by atoms with Crippen molar-refractivity contribution in [3.05, 3.63) is 64.6 Å². The summed E-state index contributed by atoms with van der Waals surface area (Å²) in [6, 6.07) is 13.3. The predicted octanol–water partition coefficient (Wildman–Crippen LogP) is 2.17. The Hall–Kier alpha value is -2.38. The van der Waals surface area contributed by atoms with E-state index in [4.69, 9.17) is 4.42 Å². The lowest BCUT2D eigenvalue weighted by Crippen LogP contribution is -2.26. The second-order valence-corrected chi connectivity index (χ2v) is 7.02. The van der Waals surface area contributed by atoms with Crippen molar-refractivity contribution in [1.29, 1.82) is 0 Å². The highest BCUT2D eigenvalue weighted by Gasteiger charge is 2.20. The molecule has 7 heteroatoms. The van der Waals surface area contributed by atoms with Gasteiger partial charge in [-0.25, -0.2) is 17.9 Å². The normalized spacial score (nSPS) is 13.3. The van der Waals surface area contributed by atoms with Crippen LogP contribution in [0.3, 0.4) is 0 Å². The van der Waals surface area contributed by atoms with Crippen LogP contribution in [0.25, 0.3) is 11.1 Å². The van der Waals surface area contributed by atoms with E-state index in [1.54, 1.807) is 6.92 Å². The molecule has 3 aromatic rings. The lowest BCUT2D eigenvalue weighted by atomic mass is 10.1. The summed E-state index contributed by atoms with van der Waals surface area (Å²) in [6.45, 7) is 1.78. The highest BCUT2D eigenvalue weighted by atomic mass is 32.2. The summed E-state index contributed by atoms with van der Waals surface area (Å²) in [5.41, 5.74) is 1.66. The first-order chi connectivity index (χ1) is 10.9. The first-order valence-corrected chi connectivity index (χ1v) is 8.53. The Balaban J connectivity index is 1.96. The van der Waals surface area contributed by atoms with Crippen molar-refractivity contribution < 1.29 is 12.8 Å². The Morgan fingerprint density at radius 2 is 1.83 bits per heavy atom. The Bertz CT molecular complexity index is 1000. The molecule has 23 heavy (non-hydrogen) atoms. The zero-order valence-corrected chi connectivity index (χ0v) is 13.5. The van der Waals surface area contributed by atoms with Crippen LogP contribution in [0.5, 0.6) is 0 Å². The monoisotopic (exact) mass is 332 g/mol. The maximum Gasteiger partial charge on any atom is 0.419 e. The van der Waals surface area contributed by atoms with Gasteiger partial charge in [0.2, 0.25) is 10.0 Å². The molecule has 0 aliphatic heterocycles. The molecule has 0 bridgehead atoms. The summed E-state index contributed by atoms with van der Waals surface area (Å²) in [6.07, 6.45) is 0. The van der Waals surface area contributed by atoms with Crippen LogP contribution < -0.4 is 10.5 Å². The Morgan fingerprint density at radius 3 is 2.52 bits per heavy atom. The van der Waals surface area contributed by atoms with Gasteiger partial charge in [0, 0.05) is 13.1 Å². The molecular formula is C16H16N2O4S. The Labute approximate surface area is 133 Å². The molecule has 0 fully saturated rings. The number of benzene rings is 2. The van der Waals surface area contributed by atoms with E-state index >= 15 is 0 Å². The van der Waals surface area contributed by atoms with Crippen LogP contribution in [-0.4, -0.2) is 13.0 Å². The SMILES string of the molecule is CC(NS(=O)(=O)c1ccc2oc(=O)n(C)c2c1)c1ccccc1. The molecule has 1 N–H and O–H groups in total. The average Bonchev–Trinajstić information content (AvgIpc) is 2.82. The third-order valence-corrected chi connectivity index (χ3v) is 5.24. The first kappa shape index (κ1) is 15.5. The van der Waals surface area contributed by atoms with Crippen molar-refractivity contribution in [1.82, 2.24) is 9.29 Å². The molecule has 0 spiro atoms. The van der Waals surface area contributed by atoms with Crippen molar-refractivity contribution in [2.45, 2.75) is 17.9 Å². The van der Waals surface area contributed by atoms with Gasteiger partial charge in [-0.05, 0) is 30.7 Å². The molecule has 1 heterocycles. The van der Waals surface area contributed by atoms with Gasteiger partial charge in [-0.1, -0.05) is 30.3 Å². The number of sulfonamides is 1. The molecule has 1 unspecified atom stereocenters. The summed E-state index contributed by atoms with van der Waals surface area (Å²) in [5, 5.41) is 0. The van der Waals surface area contributed by atoms with Crippen LogP contribution in [0.2, 0.25) is 0 Å². The summed E-state index contributed by atoms with van der Waals surface area (Å²) < 4.78 is 34.0. The van der Waals surface area contributed by atoms with Gasteiger partial charge in [-0.15, -0.1) is 0 Å². The molecule has 2 aromatic carbocycles. The third-order valence-electron chi connectivity index (χ3n) is 3.70. The molecule has 0 saturated heterocycles. The molecule has 6 nitrogen and oxygen atoms in total. The van der Waals surface area contributed by atoms with Crippen molar-refractivity contribution >= 4 is 21.1 Å². The number of fused-ring (bicyclic) bond motifs is 1. The number of hydrogen-bond donors (Lipinski definition) is 1. The topological polar surface area (TPSA) is 81.3 Å². The molecular weight excluding hydrogens is 316 g/mol. The highest BCUT2D eigenvalue weighted by molar-refractivity contribution is 7.89. The predicted molar refractivity (Wildman–Crippen MR) is 86.6 cm³/mol. The molecule has 120 valence electrons. The minimum absolute atomic E-state index is 0.0872. The van der Waals surface area contributed by atoms with E-state index in [1.807, 2.05) is 30.3 Å². The Morgan fingerprint density at radius 1 is 1.13 bits per heavy atom. The number of nitrogens with zero attached hydrogens (tertiary/aromatic N) is 1. The molecule has 0 aliphatic rings. The molecule has 0 aliphatic carbocycles. The van der Waals surface area contributed by atoms with Gasteiger partial charge in [0.25, 0.3) is 0 Å². The van der Waals surface area contributed by atoms with Crippen LogP contribution in [0.15, 0.2) is 62.6 Å². The van der Waals surface area contributed by atoms with Gasteiger partial charge in [0.15, 0.2) is 5.58 Å². The standard InChI is InChI=1S/C16H16N2O4S/c1-11(12-6-4-3-5-7-12)17-23(20,21)13-8-9-15-14(10-13)18(2)16(19)22-15/h3-11,17H,1-2H3. The molecule has 3 rings (SSSR count). The van der Waals surface area contributed by atoms with E-state index in [0.717, 1.165) is 5.56 Å². The fraction of sp³-hybridized carbons (Fsp3) is 0.188. The van der Waals surface area contributed by atoms with Gasteiger partial charge in [0.05, 0.1) is 10.4 Å². The molecule has 0 radical (unpaired) electrons. The van der Waals surface area contributed by atoms with E-state index in [1.165, 1.54) is 29.8 Å². The number of nitrogens with one attached hydrogen (secondary N) is 1. The summed E-state index contributed by atoms with van der Waals surface area (Å²) >= 11 is 0. The minimum Gasteiger partial charge on any atom is -0.408 e. The summed E-state index contributed by atoms with van der Waals surface area (Å²) in [4.78, 5) is 11.6. The lowest BCUT2D eigenvalue weighted by Gasteiger charge is -2.14. The average molecular weight is 332 g/mol. The van der Waals surface area contributed by atoms with Crippen LogP contribution in [-0.2, 0) is 17.1 Å². The van der Waals surface area contributed by atoms with E-state index in [2.05, 4.69) is 4.72 Å². The summed E-state index contributed by atoms with van der Waals surface area (Å²) in [7, 11) is -2.18. The quantitative estimate of drug-likeness (QED) is 0.794. The van der Waals surface area contributed by atoms with E-state index in [0.29, 0.717) is 11.1 Å². The second-order valence-electron chi connectivity index (χ2n) is 5.31. The van der Waals surface area contributed by atoms with Crippen LogP contribution in [0.1, 0.15) is 18.5 Å². The van der Waals surface area contributed by atoms with Crippen LogP contribution >= 0.6 is 0 Å². The maximum atomic E-state index is 12.5. The van der Waals surface area contributed by atoms with Crippen molar-refractivity contribution in [3.63, 3.8) is 0 Å².